The van der Waals surface area contributed by atoms with Gasteiger partial charge in [-0.25, -0.2) is 8.78 Å². The standard InChI is InChI=1S/C17H13BrF2O3/c1-22-16-8-10(12(18)9-17(16)23-2)4-6-15(21)11-3-5-13(19)14(20)7-11/h3-9H,1-2H3/b6-4+. The average molecular weight is 383 g/mol. The highest BCUT2D eigenvalue weighted by Crippen LogP contribution is 2.33. The summed E-state index contributed by atoms with van der Waals surface area (Å²) >= 11 is 3.37. The molecule has 0 saturated carbocycles. The molecule has 0 atom stereocenters. The van der Waals surface area contributed by atoms with Crippen LogP contribution >= 0.6 is 15.9 Å². The van der Waals surface area contributed by atoms with E-state index < -0.39 is 17.4 Å². The van der Waals surface area contributed by atoms with Crippen molar-refractivity contribution in [3.8, 4) is 11.5 Å². The maximum Gasteiger partial charge on any atom is 0.185 e. The monoisotopic (exact) mass is 382 g/mol. The summed E-state index contributed by atoms with van der Waals surface area (Å²) in [5, 5.41) is 0. The molecule has 2 aromatic rings. The molecule has 0 N–H and O–H groups in total. The Morgan fingerprint density at radius 1 is 1.04 bits per heavy atom. The van der Waals surface area contributed by atoms with Crippen LogP contribution in [0.25, 0.3) is 6.08 Å². The van der Waals surface area contributed by atoms with E-state index in [2.05, 4.69) is 15.9 Å². The predicted octanol–water partition coefficient (Wildman–Crippen LogP) is 4.64. The minimum absolute atomic E-state index is 0.0664. The van der Waals surface area contributed by atoms with E-state index in [1.807, 2.05) is 0 Å². The van der Waals surface area contributed by atoms with Gasteiger partial charge in [-0.05, 0) is 48.0 Å². The summed E-state index contributed by atoms with van der Waals surface area (Å²) in [5.74, 6) is -1.44. The van der Waals surface area contributed by atoms with Gasteiger partial charge in [0.15, 0.2) is 28.9 Å². The molecular formula is C17H13BrF2O3. The molecule has 0 aliphatic rings. The van der Waals surface area contributed by atoms with Crippen molar-refractivity contribution < 1.29 is 23.0 Å². The van der Waals surface area contributed by atoms with E-state index in [0.717, 1.165) is 12.1 Å². The highest BCUT2D eigenvalue weighted by molar-refractivity contribution is 9.10. The molecule has 3 nitrogen and oxygen atoms in total. The second-order valence-corrected chi connectivity index (χ2v) is 5.41. The van der Waals surface area contributed by atoms with Crippen molar-refractivity contribution in [1.82, 2.24) is 0 Å². The number of benzene rings is 2. The quantitative estimate of drug-likeness (QED) is 0.558. The number of ether oxygens (including phenoxy) is 2. The van der Waals surface area contributed by atoms with Crippen molar-refractivity contribution in [3.63, 3.8) is 0 Å². The lowest BCUT2D eigenvalue weighted by Crippen LogP contribution is -1.97. The smallest absolute Gasteiger partial charge is 0.185 e. The number of halogens is 3. The topological polar surface area (TPSA) is 35.5 Å². The van der Waals surface area contributed by atoms with Gasteiger partial charge in [0.1, 0.15) is 0 Å². The normalized spacial score (nSPS) is 10.8. The minimum atomic E-state index is -1.06. The lowest BCUT2D eigenvalue weighted by Gasteiger charge is -2.09. The van der Waals surface area contributed by atoms with Crippen LogP contribution in [0.4, 0.5) is 8.78 Å². The Labute approximate surface area is 140 Å². The van der Waals surface area contributed by atoms with Gasteiger partial charge in [-0.2, -0.15) is 0 Å². The number of hydrogen-bond acceptors (Lipinski definition) is 3. The summed E-state index contributed by atoms with van der Waals surface area (Å²) in [5.41, 5.74) is 0.746. The van der Waals surface area contributed by atoms with Gasteiger partial charge in [-0.3, -0.25) is 4.79 Å². The third-order valence-electron chi connectivity index (χ3n) is 3.12. The van der Waals surface area contributed by atoms with Crippen molar-refractivity contribution in [2.75, 3.05) is 14.2 Å². The first kappa shape index (κ1) is 17.1. The third-order valence-corrected chi connectivity index (χ3v) is 3.81. The second kappa shape index (κ2) is 7.37. The van der Waals surface area contributed by atoms with E-state index in [4.69, 9.17) is 9.47 Å². The van der Waals surface area contributed by atoms with Crippen LogP contribution in [-0.4, -0.2) is 20.0 Å². The van der Waals surface area contributed by atoms with Crippen molar-refractivity contribution in [2.45, 2.75) is 0 Å². The molecule has 0 unspecified atom stereocenters. The molecule has 0 aliphatic carbocycles. The highest BCUT2D eigenvalue weighted by atomic mass is 79.9. The first-order valence-electron chi connectivity index (χ1n) is 6.55. The zero-order valence-corrected chi connectivity index (χ0v) is 14.0. The predicted molar refractivity (Wildman–Crippen MR) is 87.0 cm³/mol. The molecule has 0 amide bonds. The maximum absolute atomic E-state index is 13.2. The number of ketones is 1. The molecule has 0 saturated heterocycles. The van der Waals surface area contributed by atoms with Crippen LogP contribution in [0.5, 0.6) is 11.5 Å². The fraction of sp³-hybridized carbons (Fsp3) is 0.118. The fourth-order valence-corrected chi connectivity index (χ4v) is 2.36. The molecule has 6 heteroatoms. The Kier molecular flexibility index (Phi) is 5.50. The Hall–Kier alpha value is -2.21. The summed E-state index contributed by atoms with van der Waals surface area (Å²) in [6, 6.07) is 6.42. The highest BCUT2D eigenvalue weighted by Gasteiger charge is 2.10. The van der Waals surface area contributed by atoms with Crippen LogP contribution < -0.4 is 9.47 Å². The summed E-state index contributed by atoms with van der Waals surface area (Å²) in [4.78, 5) is 12.0. The molecule has 0 spiro atoms. The van der Waals surface area contributed by atoms with Crippen molar-refractivity contribution >= 4 is 27.8 Å². The van der Waals surface area contributed by atoms with Crippen LogP contribution in [0.3, 0.4) is 0 Å². The Morgan fingerprint density at radius 3 is 2.30 bits per heavy atom. The molecule has 2 rings (SSSR count). The van der Waals surface area contributed by atoms with E-state index in [1.165, 1.54) is 26.4 Å². The molecular weight excluding hydrogens is 370 g/mol. The van der Waals surface area contributed by atoms with Crippen molar-refractivity contribution in [3.05, 3.63) is 63.6 Å². The Morgan fingerprint density at radius 2 is 1.70 bits per heavy atom. The number of allylic oxidation sites excluding steroid dienone is 1. The summed E-state index contributed by atoms with van der Waals surface area (Å²) in [6.07, 6.45) is 2.83. The largest absolute Gasteiger partial charge is 0.493 e. The van der Waals surface area contributed by atoms with E-state index in [-0.39, 0.29) is 5.56 Å². The maximum atomic E-state index is 13.2. The molecule has 0 heterocycles. The SMILES string of the molecule is COc1cc(Br)c(/C=C/C(=O)c2ccc(F)c(F)c2)cc1OC. The van der Waals surface area contributed by atoms with E-state index >= 15 is 0 Å². The summed E-state index contributed by atoms with van der Waals surface area (Å²) in [7, 11) is 3.03. The van der Waals surface area contributed by atoms with Gasteiger partial charge < -0.3 is 9.47 Å². The van der Waals surface area contributed by atoms with Gasteiger partial charge in [-0.1, -0.05) is 15.9 Å². The zero-order valence-electron chi connectivity index (χ0n) is 12.4. The molecule has 0 aliphatic heterocycles. The number of methoxy groups -OCH3 is 2. The van der Waals surface area contributed by atoms with Crippen LogP contribution in [-0.2, 0) is 0 Å². The van der Waals surface area contributed by atoms with Crippen LogP contribution in [0.2, 0.25) is 0 Å². The number of carbonyl (C=O) groups excluding carboxylic acids is 1. The lowest BCUT2D eigenvalue weighted by atomic mass is 10.1. The molecule has 2 aromatic carbocycles. The third kappa shape index (κ3) is 3.96. The van der Waals surface area contributed by atoms with E-state index in [1.54, 1.807) is 18.2 Å². The molecule has 0 fully saturated rings. The van der Waals surface area contributed by atoms with Crippen molar-refractivity contribution in [2.24, 2.45) is 0 Å². The van der Waals surface area contributed by atoms with Gasteiger partial charge in [0.25, 0.3) is 0 Å². The molecule has 0 bridgehead atoms. The molecule has 23 heavy (non-hydrogen) atoms. The van der Waals surface area contributed by atoms with Gasteiger partial charge >= 0.3 is 0 Å². The summed E-state index contributed by atoms with van der Waals surface area (Å²) in [6.45, 7) is 0. The van der Waals surface area contributed by atoms with E-state index in [9.17, 15) is 13.6 Å². The van der Waals surface area contributed by atoms with Gasteiger partial charge in [0.2, 0.25) is 0 Å². The van der Waals surface area contributed by atoms with Crippen LogP contribution in [0, 0.1) is 11.6 Å². The van der Waals surface area contributed by atoms with E-state index in [0.29, 0.717) is 21.5 Å². The Bertz CT molecular complexity index is 773. The lowest BCUT2D eigenvalue weighted by molar-refractivity contribution is 0.104. The Balaban J connectivity index is 2.28. The van der Waals surface area contributed by atoms with Gasteiger partial charge in [-0.15, -0.1) is 0 Å². The minimum Gasteiger partial charge on any atom is -0.493 e. The molecule has 0 radical (unpaired) electrons. The zero-order chi connectivity index (χ0) is 17.0. The fourth-order valence-electron chi connectivity index (χ4n) is 1.91. The number of carbonyl (C=O) groups is 1. The molecule has 0 aromatic heterocycles. The van der Waals surface area contributed by atoms with Crippen LogP contribution in [0.15, 0.2) is 40.9 Å². The number of rotatable bonds is 5. The first-order valence-corrected chi connectivity index (χ1v) is 7.34. The first-order chi connectivity index (χ1) is 11.0. The number of hydrogen-bond donors (Lipinski definition) is 0. The molecule has 120 valence electrons. The summed E-state index contributed by atoms with van der Waals surface area (Å²) < 4.78 is 37.1. The second-order valence-electron chi connectivity index (χ2n) is 4.56. The van der Waals surface area contributed by atoms with Crippen molar-refractivity contribution in [1.29, 1.82) is 0 Å². The van der Waals surface area contributed by atoms with Gasteiger partial charge in [0, 0.05) is 10.0 Å². The van der Waals surface area contributed by atoms with Gasteiger partial charge in [0.05, 0.1) is 14.2 Å². The average Bonchev–Trinajstić information content (AvgIpc) is 2.55. The van der Waals surface area contributed by atoms with Crippen LogP contribution in [0.1, 0.15) is 15.9 Å².